The van der Waals surface area contributed by atoms with E-state index in [0.29, 0.717) is 22.8 Å². The fraction of sp³-hybridized carbons (Fsp3) is 0.435. The third kappa shape index (κ3) is 3.93. The molecule has 0 aromatic carbocycles. The molecule has 0 radical (unpaired) electrons. The summed E-state index contributed by atoms with van der Waals surface area (Å²) in [5, 5.41) is 15.1. The predicted octanol–water partition coefficient (Wildman–Crippen LogP) is 0.992. The zero-order valence-electron chi connectivity index (χ0n) is 18.7. The normalized spacial score (nSPS) is 23.9. The maximum atomic E-state index is 13.0. The average molecular weight is 480 g/mol. The molecule has 5 heterocycles. The fourth-order valence-electron chi connectivity index (χ4n) is 4.44. The number of allylic oxidation sites excluding steroid dienone is 1. The molecule has 2 atom stereocenters. The number of likely N-dealkylation sites (tertiary alicyclic amines) is 1. The highest BCUT2D eigenvalue weighted by molar-refractivity contribution is 8.04. The van der Waals surface area contributed by atoms with E-state index in [1.54, 1.807) is 28.6 Å². The molecule has 0 spiro atoms. The van der Waals surface area contributed by atoms with E-state index in [9.17, 15) is 14.7 Å². The number of thioether (sulfide) groups is 1. The van der Waals surface area contributed by atoms with E-state index in [-0.39, 0.29) is 22.7 Å². The molecule has 11 heteroatoms. The lowest BCUT2D eigenvalue weighted by Crippen LogP contribution is -2.28. The van der Waals surface area contributed by atoms with Crippen LogP contribution in [0.3, 0.4) is 0 Å². The Morgan fingerprint density at radius 1 is 1.32 bits per heavy atom. The van der Waals surface area contributed by atoms with Crippen molar-refractivity contribution >= 4 is 29.4 Å². The summed E-state index contributed by atoms with van der Waals surface area (Å²) >= 11 is 1.56. The minimum atomic E-state index is -0.490. The number of fused-ring (bicyclic) bond motifs is 1. The van der Waals surface area contributed by atoms with Gasteiger partial charge in [-0.3, -0.25) is 14.8 Å². The van der Waals surface area contributed by atoms with E-state index in [4.69, 9.17) is 9.98 Å². The van der Waals surface area contributed by atoms with Gasteiger partial charge in [-0.1, -0.05) is 13.0 Å². The molecular formula is C23H25N7O3S. The van der Waals surface area contributed by atoms with Gasteiger partial charge in [-0.25, -0.2) is 9.78 Å². The van der Waals surface area contributed by atoms with Gasteiger partial charge < -0.3 is 15.0 Å². The summed E-state index contributed by atoms with van der Waals surface area (Å²) in [6, 6.07) is 2.26. The van der Waals surface area contributed by atoms with Crippen molar-refractivity contribution in [3.63, 3.8) is 0 Å². The molecule has 0 bridgehead atoms. The second-order valence-electron chi connectivity index (χ2n) is 9.28. The van der Waals surface area contributed by atoms with Crippen LogP contribution in [0.2, 0.25) is 0 Å². The van der Waals surface area contributed by atoms with E-state index in [1.807, 2.05) is 17.0 Å². The summed E-state index contributed by atoms with van der Waals surface area (Å²) in [7, 11) is 0. The average Bonchev–Trinajstić information content (AvgIpc) is 3.18. The molecule has 1 saturated heterocycles. The number of nitrogens with zero attached hydrogens (tertiary/aromatic N) is 5. The van der Waals surface area contributed by atoms with Gasteiger partial charge in [-0.05, 0) is 37.7 Å². The molecule has 1 amide bonds. The molecular weight excluding hydrogens is 454 g/mol. The molecule has 2 unspecified atom stereocenters. The first kappa shape index (κ1) is 21.2. The Bertz CT molecular complexity index is 1500. The lowest BCUT2D eigenvalue weighted by atomic mass is 10.2. The van der Waals surface area contributed by atoms with Crippen LogP contribution in [0.5, 0.6) is 5.88 Å². The van der Waals surface area contributed by atoms with Gasteiger partial charge in [0, 0.05) is 24.4 Å². The highest BCUT2D eigenvalue weighted by atomic mass is 32.2. The SMILES string of the molecule is CC1CCN(C(=O)C2=CCC(c3cc(=NC4CC4)n4ncc(=Cc5[nH]c(=O)[nH]c5O)c4n3)S2)C1. The number of rotatable bonds is 4. The van der Waals surface area contributed by atoms with Gasteiger partial charge in [0.1, 0.15) is 5.69 Å². The number of carbonyl (C=O) groups excluding carboxylic acids is 1. The molecule has 10 nitrogen and oxygen atoms in total. The van der Waals surface area contributed by atoms with Crippen LogP contribution in [-0.2, 0) is 4.79 Å². The summed E-state index contributed by atoms with van der Waals surface area (Å²) in [6.07, 6.45) is 9.20. The van der Waals surface area contributed by atoms with Crippen LogP contribution in [0.15, 0.2) is 33.0 Å². The molecule has 3 aliphatic rings. The number of nitrogens with one attached hydrogen (secondary N) is 2. The van der Waals surface area contributed by atoms with Crippen LogP contribution < -0.4 is 16.4 Å². The van der Waals surface area contributed by atoms with Gasteiger partial charge in [-0.2, -0.15) is 9.61 Å². The summed E-state index contributed by atoms with van der Waals surface area (Å²) in [6.45, 7) is 3.82. The zero-order chi connectivity index (χ0) is 23.4. The number of imidazole rings is 1. The highest BCUT2D eigenvalue weighted by Crippen LogP contribution is 2.43. The number of aromatic nitrogens is 5. The standard InChI is InChI=1S/C23H25N7O3S/c1-12-6-7-29(11-12)22(32)18-5-4-17(34-18)15-9-19(25-14-2-3-14)30-20(26-15)13(10-24-30)8-16-21(31)28-23(33)27-16/h5,8-10,12,14,17,31H,2-4,6-7,11H2,1H3,(H2,27,28,33). The number of hydrogen-bond donors (Lipinski definition) is 3. The lowest BCUT2D eigenvalue weighted by molar-refractivity contribution is -0.125. The molecule has 3 aromatic heterocycles. The second kappa shape index (κ2) is 8.15. The number of hydrogen-bond acceptors (Lipinski definition) is 7. The van der Waals surface area contributed by atoms with Crippen LogP contribution in [0, 0.1) is 5.92 Å². The van der Waals surface area contributed by atoms with Gasteiger partial charge in [0.15, 0.2) is 11.1 Å². The van der Waals surface area contributed by atoms with Crippen molar-refractivity contribution in [2.75, 3.05) is 13.1 Å². The number of H-pyrrole nitrogens is 2. The molecule has 1 saturated carbocycles. The highest BCUT2D eigenvalue weighted by Gasteiger charge is 2.31. The Morgan fingerprint density at radius 3 is 2.88 bits per heavy atom. The Hall–Kier alpha value is -3.34. The Morgan fingerprint density at radius 2 is 2.18 bits per heavy atom. The minimum absolute atomic E-state index is 0.0142. The molecule has 3 N–H and O–H groups in total. The maximum absolute atomic E-state index is 13.0. The van der Waals surface area contributed by atoms with Gasteiger partial charge in [-0.15, -0.1) is 11.8 Å². The first-order valence-corrected chi connectivity index (χ1v) is 12.4. The largest absolute Gasteiger partial charge is 0.493 e. The van der Waals surface area contributed by atoms with E-state index < -0.39 is 5.69 Å². The van der Waals surface area contributed by atoms with E-state index in [2.05, 4.69) is 22.0 Å². The van der Waals surface area contributed by atoms with E-state index in [0.717, 1.165) is 54.9 Å². The topological polar surface area (TPSA) is 132 Å². The summed E-state index contributed by atoms with van der Waals surface area (Å²) in [5.74, 6) is 0.428. The predicted molar refractivity (Wildman–Crippen MR) is 127 cm³/mol. The van der Waals surface area contributed by atoms with Crippen molar-refractivity contribution in [3.8, 4) is 5.88 Å². The van der Waals surface area contributed by atoms with Crippen molar-refractivity contribution in [2.24, 2.45) is 10.9 Å². The molecule has 2 fully saturated rings. The summed E-state index contributed by atoms with van der Waals surface area (Å²) in [4.78, 5) is 41.8. The van der Waals surface area contributed by atoms with Crippen molar-refractivity contribution in [1.29, 1.82) is 0 Å². The van der Waals surface area contributed by atoms with E-state index in [1.165, 1.54) is 0 Å². The quantitative estimate of drug-likeness (QED) is 0.511. The van der Waals surface area contributed by atoms with E-state index >= 15 is 0 Å². The van der Waals surface area contributed by atoms with Crippen molar-refractivity contribution in [3.05, 3.63) is 55.8 Å². The lowest BCUT2D eigenvalue weighted by Gasteiger charge is -2.17. The second-order valence-corrected chi connectivity index (χ2v) is 10.5. The number of amides is 1. The molecule has 6 rings (SSSR count). The van der Waals surface area contributed by atoms with Crippen molar-refractivity contribution < 1.29 is 9.90 Å². The molecule has 2 aliphatic heterocycles. The first-order chi connectivity index (χ1) is 16.4. The maximum Gasteiger partial charge on any atom is 0.326 e. The summed E-state index contributed by atoms with van der Waals surface area (Å²) in [5.41, 5.74) is 1.93. The number of aromatic amines is 2. The third-order valence-electron chi connectivity index (χ3n) is 6.44. The molecule has 3 aromatic rings. The number of aromatic hydroxyl groups is 1. The van der Waals surface area contributed by atoms with Crippen LogP contribution in [0.4, 0.5) is 0 Å². The fourth-order valence-corrected chi connectivity index (χ4v) is 5.60. The number of carbonyl (C=O) groups is 1. The zero-order valence-corrected chi connectivity index (χ0v) is 19.5. The third-order valence-corrected chi connectivity index (χ3v) is 7.75. The Balaban J connectivity index is 1.37. The van der Waals surface area contributed by atoms with Crippen LogP contribution in [-0.4, -0.2) is 59.6 Å². The Kier molecular flexibility index (Phi) is 5.09. The monoisotopic (exact) mass is 479 g/mol. The molecule has 34 heavy (non-hydrogen) atoms. The Labute approximate surface area is 198 Å². The minimum Gasteiger partial charge on any atom is -0.493 e. The van der Waals surface area contributed by atoms with Crippen molar-refractivity contribution in [2.45, 2.75) is 43.9 Å². The summed E-state index contributed by atoms with van der Waals surface area (Å²) < 4.78 is 1.69. The smallest absolute Gasteiger partial charge is 0.326 e. The van der Waals surface area contributed by atoms with Gasteiger partial charge in [0.05, 0.1) is 28.1 Å². The molecule has 1 aliphatic carbocycles. The van der Waals surface area contributed by atoms with Gasteiger partial charge in [0.25, 0.3) is 5.91 Å². The van der Waals surface area contributed by atoms with Crippen molar-refractivity contribution in [1.82, 2.24) is 29.5 Å². The molecule has 176 valence electrons. The van der Waals surface area contributed by atoms with Gasteiger partial charge in [0.2, 0.25) is 5.88 Å². The van der Waals surface area contributed by atoms with Crippen LogP contribution in [0.25, 0.3) is 11.7 Å². The van der Waals surface area contributed by atoms with Crippen LogP contribution >= 0.6 is 11.8 Å². The van der Waals surface area contributed by atoms with Crippen LogP contribution in [0.1, 0.15) is 49.2 Å². The van der Waals surface area contributed by atoms with Gasteiger partial charge >= 0.3 is 5.69 Å². The first-order valence-electron chi connectivity index (χ1n) is 11.6.